The van der Waals surface area contributed by atoms with Gasteiger partial charge >= 0.3 is 0 Å². The Morgan fingerprint density at radius 1 is 1.25 bits per heavy atom. The van der Waals surface area contributed by atoms with E-state index >= 15 is 0 Å². The average molecular weight is 355 g/mol. The quantitative estimate of drug-likeness (QED) is 0.796. The first-order valence-electron chi connectivity index (χ1n) is 8.42. The molecule has 2 fully saturated rings. The molecular formula is C17H23F2N3OS. The number of carbonyl (C=O) groups is 1. The average Bonchev–Trinajstić information content (AvgIpc) is 3.19. The first-order valence-corrected chi connectivity index (χ1v) is 9.30. The Morgan fingerprint density at radius 3 is 2.75 bits per heavy atom. The lowest BCUT2D eigenvalue weighted by Gasteiger charge is -2.23. The van der Waals surface area contributed by atoms with Gasteiger partial charge in [0.15, 0.2) is 0 Å². The first-order chi connectivity index (χ1) is 11.6. The summed E-state index contributed by atoms with van der Waals surface area (Å²) < 4.78 is 25.2. The lowest BCUT2D eigenvalue weighted by molar-refractivity contribution is -0.117. The Kier molecular flexibility index (Phi) is 6.08. The number of hydrogen-bond donors (Lipinski definition) is 1. The molecular weight excluding hydrogens is 332 g/mol. The molecule has 0 saturated carbocycles. The Morgan fingerprint density at radius 2 is 2.00 bits per heavy atom. The number of alkyl halides is 2. The van der Waals surface area contributed by atoms with Crippen LogP contribution in [-0.4, -0.2) is 60.2 Å². The second-order valence-corrected chi connectivity index (χ2v) is 7.38. The zero-order valence-corrected chi connectivity index (χ0v) is 14.4. The van der Waals surface area contributed by atoms with E-state index in [2.05, 4.69) is 15.1 Å². The van der Waals surface area contributed by atoms with Crippen molar-refractivity contribution in [1.29, 1.82) is 0 Å². The Hall–Kier alpha value is -1.18. The van der Waals surface area contributed by atoms with Crippen LogP contribution in [0.4, 0.5) is 14.5 Å². The maximum atomic E-state index is 12.6. The smallest absolute Gasteiger partial charge is 0.288 e. The molecule has 1 amide bonds. The molecule has 7 heteroatoms. The van der Waals surface area contributed by atoms with Crippen molar-refractivity contribution in [2.75, 3.05) is 38.0 Å². The van der Waals surface area contributed by atoms with Gasteiger partial charge in [-0.15, -0.1) is 0 Å². The predicted octanol–water partition coefficient (Wildman–Crippen LogP) is 3.11. The number of nitrogens with one attached hydrogen (secondary N) is 1. The van der Waals surface area contributed by atoms with Crippen LogP contribution >= 0.6 is 11.8 Å². The maximum Gasteiger partial charge on any atom is 0.288 e. The fourth-order valence-electron chi connectivity index (χ4n) is 3.52. The highest BCUT2D eigenvalue weighted by molar-refractivity contribution is 7.99. The predicted molar refractivity (Wildman–Crippen MR) is 92.6 cm³/mol. The van der Waals surface area contributed by atoms with E-state index in [1.165, 1.54) is 25.9 Å². The van der Waals surface area contributed by atoms with Crippen LogP contribution in [0.5, 0.6) is 0 Å². The van der Waals surface area contributed by atoms with E-state index in [9.17, 15) is 13.6 Å². The van der Waals surface area contributed by atoms with E-state index < -0.39 is 5.76 Å². The summed E-state index contributed by atoms with van der Waals surface area (Å²) in [4.78, 5) is 17.3. The van der Waals surface area contributed by atoms with Gasteiger partial charge in [-0.2, -0.15) is 8.78 Å². The largest absolute Gasteiger partial charge is 0.324 e. The van der Waals surface area contributed by atoms with Crippen LogP contribution < -0.4 is 5.32 Å². The number of benzene rings is 1. The molecule has 1 unspecified atom stereocenters. The van der Waals surface area contributed by atoms with E-state index in [0.29, 0.717) is 34.9 Å². The van der Waals surface area contributed by atoms with Crippen molar-refractivity contribution in [2.24, 2.45) is 0 Å². The maximum absolute atomic E-state index is 12.6. The number of anilines is 1. The van der Waals surface area contributed by atoms with Crippen LogP contribution in [0.15, 0.2) is 29.2 Å². The Balaban J connectivity index is 1.51. The highest BCUT2D eigenvalue weighted by Gasteiger charge is 2.30. The van der Waals surface area contributed by atoms with E-state index in [0.717, 1.165) is 19.5 Å². The van der Waals surface area contributed by atoms with Crippen molar-refractivity contribution in [3.63, 3.8) is 0 Å². The minimum Gasteiger partial charge on any atom is -0.324 e. The van der Waals surface area contributed by atoms with Crippen molar-refractivity contribution in [1.82, 2.24) is 9.80 Å². The molecule has 2 aliphatic rings. The van der Waals surface area contributed by atoms with Crippen LogP contribution in [0.3, 0.4) is 0 Å². The number of amides is 1. The summed E-state index contributed by atoms with van der Waals surface area (Å²) in [5.74, 6) is -2.64. The van der Waals surface area contributed by atoms with E-state index in [1.807, 2.05) is 0 Å². The Bertz CT molecular complexity index is 567. The number of halogens is 2. The number of nitrogens with zero attached hydrogens (tertiary/aromatic N) is 2. The number of hydrogen-bond acceptors (Lipinski definition) is 4. The Labute approximate surface area is 145 Å². The van der Waals surface area contributed by atoms with Crippen LogP contribution in [-0.2, 0) is 4.79 Å². The van der Waals surface area contributed by atoms with Crippen LogP contribution in [0, 0.1) is 0 Å². The third-order valence-corrected chi connectivity index (χ3v) is 5.44. The van der Waals surface area contributed by atoms with Gasteiger partial charge in [0.2, 0.25) is 5.91 Å². The normalized spacial score (nSPS) is 22.4. The molecule has 0 spiro atoms. The van der Waals surface area contributed by atoms with Gasteiger partial charge in [0.05, 0.1) is 12.2 Å². The van der Waals surface area contributed by atoms with E-state index in [4.69, 9.17) is 0 Å². The van der Waals surface area contributed by atoms with Gasteiger partial charge in [-0.25, -0.2) is 0 Å². The third kappa shape index (κ3) is 4.68. The van der Waals surface area contributed by atoms with Gasteiger partial charge < -0.3 is 5.32 Å². The van der Waals surface area contributed by atoms with Gasteiger partial charge in [-0.1, -0.05) is 23.9 Å². The number of rotatable bonds is 6. The fourth-order valence-corrected chi connectivity index (χ4v) is 4.12. The SMILES string of the molecule is O=C(CN1CCC(N2CCCC2)C1)Nc1ccccc1SC(F)F. The number of thioether (sulfide) groups is 1. The van der Waals surface area contributed by atoms with Crippen LogP contribution in [0.1, 0.15) is 19.3 Å². The van der Waals surface area contributed by atoms with E-state index in [-0.39, 0.29) is 5.91 Å². The molecule has 1 N–H and O–H groups in total. The second-order valence-electron chi connectivity index (χ2n) is 6.34. The molecule has 132 valence electrons. The van der Waals surface area contributed by atoms with Gasteiger partial charge in [0.25, 0.3) is 5.76 Å². The third-order valence-electron chi connectivity index (χ3n) is 4.65. The molecule has 0 radical (unpaired) electrons. The highest BCUT2D eigenvalue weighted by Crippen LogP contribution is 2.31. The first kappa shape index (κ1) is 17.6. The zero-order valence-electron chi connectivity index (χ0n) is 13.6. The standard InChI is InChI=1S/C17H23F2N3OS/c18-17(19)24-15-6-2-1-5-14(15)20-16(23)12-21-10-7-13(11-21)22-8-3-4-9-22/h1-2,5-6,13,17H,3-4,7-12H2,(H,20,23). The van der Waals surface area contributed by atoms with Gasteiger partial charge in [0.1, 0.15) is 0 Å². The van der Waals surface area contributed by atoms with E-state index in [1.54, 1.807) is 24.3 Å². The molecule has 1 atom stereocenters. The van der Waals surface area contributed by atoms with Crippen molar-refractivity contribution in [2.45, 2.75) is 36.0 Å². The van der Waals surface area contributed by atoms with Gasteiger partial charge in [0, 0.05) is 24.0 Å². The molecule has 0 aromatic heterocycles. The summed E-state index contributed by atoms with van der Waals surface area (Å²) in [5, 5.41) is 2.78. The molecule has 0 aliphatic carbocycles. The molecule has 1 aromatic carbocycles. The molecule has 24 heavy (non-hydrogen) atoms. The number of likely N-dealkylation sites (tertiary alicyclic amines) is 2. The molecule has 0 bridgehead atoms. The van der Waals surface area contributed by atoms with Crippen molar-refractivity contribution < 1.29 is 13.6 Å². The second kappa shape index (κ2) is 8.27. The fraction of sp³-hybridized carbons (Fsp3) is 0.588. The monoisotopic (exact) mass is 355 g/mol. The van der Waals surface area contributed by atoms with Crippen LogP contribution in [0.2, 0.25) is 0 Å². The lowest BCUT2D eigenvalue weighted by Crippen LogP contribution is -2.37. The minimum atomic E-state index is -2.50. The lowest BCUT2D eigenvalue weighted by atomic mass is 10.2. The van der Waals surface area contributed by atoms with Crippen LogP contribution in [0.25, 0.3) is 0 Å². The zero-order chi connectivity index (χ0) is 16.9. The summed E-state index contributed by atoms with van der Waals surface area (Å²) in [5.41, 5.74) is 0.461. The van der Waals surface area contributed by atoms with Crippen molar-refractivity contribution in [3.05, 3.63) is 24.3 Å². The van der Waals surface area contributed by atoms with Crippen molar-refractivity contribution >= 4 is 23.4 Å². The summed E-state index contributed by atoms with van der Waals surface area (Å²) >= 11 is 0.459. The molecule has 2 aliphatic heterocycles. The molecule has 1 aromatic rings. The van der Waals surface area contributed by atoms with Gasteiger partial charge in [-0.05, 0) is 44.5 Å². The summed E-state index contributed by atoms with van der Waals surface area (Å²) in [6, 6.07) is 7.26. The molecule has 4 nitrogen and oxygen atoms in total. The summed E-state index contributed by atoms with van der Waals surface area (Å²) in [6.07, 6.45) is 3.65. The highest BCUT2D eigenvalue weighted by atomic mass is 32.2. The molecule has 2 saturated heterocycles. The molecule has 2 heterocycles. The summed E-state index contributed by atoms with van der Waals surface area (Å²) in [7, 11) is 0. The number of carbonyl (C=O) groups excluding carboxylic acids is 1. The molecule has 3 rings (SSSR count). The van der Waals surface area contributed by atoms with Crippen molar-refractivity contribution in [3.8, 4) is 0 Å². The number of para-hydroxylation sites is 1. The minimum absolute atomic E-state index is 0.139. The topological polar surface area (TPSA) is 35.6 Å². The van der Waals surface area contributed by atoms with Gasteiger partial charge in [-0.3, -0.25) is 14.6 Å². The summed E-state index contributed by atoms with van der Waals surface area (Å²) in [6.45, 7) is 4.49.